The van der Waals surface area contributed by atoms with Crippen molar-refractivity contribution < 1.29 is 22.7 Å². The minimum Gasteiger partial charge on any atom is -0.465 e. The second-order valence-corrected chi connectivity index (χ2v) is 7.97. The number of hydrogen-bond acceptors (Lipinski definition) is 5. The number of rotatable bonds is 5. The van der Waals surface area contributed by atoms with Crippen molar-refractivity contribution >= 4 is 16.1 Å². The molecule has 0 atom stereocenters. The van der Waals surface area contributed by atoms with E-state index >= 15 is 0 Å². The maximum absolute atomic E-state index is 14.3. The average Bonchev–Trinajstić information content (AvgIpc) is 3.12. The number of nitriles is 1. The normalized spacial score (nSPS) is 11.1. The van der Waals surface area contributed by atoms with Crippen molar-refractivity contribution in [1.82, 2.24) is 13.9 Å². The number of carbonyl (C=O) groups is 1. The molecule has 0 aliphatic heterocycles. The van der Waals surface area contributed by atoms with Gasteiger partial charge in [-0.3, -0.25) is 0 Å². The molecule has 10 heteroatoms. The van der Waals surface area contributed by atoms with Gasteiger partial charge in [0.15, 0.2) is 0 Å². The van der Waals surface area contributed by atoms with Gasteiger partial charge in [-0.1, -0.05) is 6.07 Å². The monoisotopic (exact) mass is 414 g/mol. The van der Waals surface area contributed by atoms with Crippen molar-refractivity contribution in [2.75, 3.05) is 7.05 Å². The van der Waals surface area contributed by atoms with E-state index in [0.717, 1.165) is 8.87 Å². The van der Waals surface area contributed by atoms with Gasteiger partial charge in [0.2, 0.25) is 5.95 Å². The Balaban J connectivity index is 2.20. The van der Waals surface area contributed by atoms with Crippen LogP contribution in [-0.2, 0) is 16.6 Å². The van der Waals surface area contributed by atoms with E-state index in [0.29, 0.717) is 5.56 Å². The van der Waals surface area contributed by atoms with Crippen molar-refractivity contribution in [3.63, 3.8) is 0 Å². The maximum atomic E-state index is 14.3. The van der Waals surface area contributed by atoms with Gasteiger partial charge in [-0.25, -0.2) is 22.2 Å². The number of benzene rings is 1. The number of aromatic nitrogens is 2. The molecule has 1 aromatic carbocycles. The highest BCUT2D eigenvalue weighted by atomic mass is 32.2. The fraction of sp³-hybridized carbons (Fsp3) is 0.105. The van der Waals surface area contributed by atoms with E-state index in [1.807, 2.05) is 6.07 Å². The van der Waals surface area contributed by atoms with Crippen LogP contribution in [0.5, 0.6) is 0 Å². The van der Waals surface area contributed by atoms with E-state index in [1.165, 1.54) is 61.9 Å². The summed E-state index contributed by atoms with van der Waals surface area (Å²) < 4.78 is 41.6. The summed E-state index contributed by atoms with van der Waals surface area (Å²) in [6.07, 6.45) is 1.27. The summed E-state index contributed by atoms with van der Waals surface area (Å²) in [6, 6.07) is 11.5. The Hall–Kier alpha value is -3.71. The molecule has 8 nitrogen and oxygen atoms in total. The quantitative estimate of drug-likeness (QED) is 0.642. The van der Waals surface area contributed by atoms with Gasteiger partial charge < -0.3 is 10.0 Å². The Bertz CT molecular complexity index is 1230. The van der Waals surface area contributed by atoms with Crippen LogP contribution in [0.2, 0.25) is 0 Å². The molecule has 29 heavy (non-hydrogen) atoms. The molecule has 1 amide bonds. The van der Waals surface area contributed by atoms with E-state index in [4.69, 9.17) is 10.4 Å². The Kier molecular flexibility index (Phi) is 5.34. The standard InChI is InChI=1S/C19H15FN4O4S/c1-23(19(25)26)11-14-9-17(16-6-3-7-22-18(16)20)24(12-14)29(27,28)15-5-2-4-13(8-15)10-21/h2-9,12H,11H2,1H3,(H,25,26). The summed E-state index contributed by atoms with van der Waals surface area (Å²) >= 11 is 0. The summed E-state index contributed by atoms with van der Waals surface area (Å²) in [5.41, 5.74) is 0.426. The minimum absolute atomic E-state index is 0.00764. The molecule has 0 saturated carbocycles. The molecule has 2 heterocycles. The Labute approximate surface area is 166 Å². The molecule has 148 valence electrons. The van der Waals surface area contributed by atoms with E-state index in [1.54, 1.807) is 0 Å². The van der Waals surface area contributed by atoms with Gasteiger partial charge in [-0.2, -0.15) is 9.65 Å². The molecule has 0 aliphatic carbocycles. The van der Waals surface area contributed by atoms with Crippen molar-refractivity contribution in [3.05, 3.63) is 71.9 Å². The first-order chi connectivity index (χ1) is 13.7. The molecule has 0 unspecified atom stereocenters. The highest BCUT2D eigenvalue weighted by Gasteiger charge is 2.24. The molecule has 0 fully saturated rings. The van der Waals surface area contributed by atoms with Crippen LogP contribution in [-0.4, -0.2) is 40.5 Å². The van der Waals surface area contributed by atoms with E-state index in [2.05, 4.69) is 4.98 Å². The highest BCUT2D eigenvalue weighted by molar-refractivity contribution is 7.90. The number of nitrogens with zero attached hydrogens (tertiary/aromatic N) is 4. The number of pyridine rings is 1. The first-order valence-electron chi connectivity index (χ1n) is 8.26. The largest absolute Gasteiger partial charge is 0.465 e. The molecular formula is C19H15FN4O4S. The Morgan fingerprint density at radius 1 is 1.31 bits per heavy atom. The zero-order valence-electron chi connectivity index (χ0n) is 15.2. The summed E-state index contributed by atoms with van der Waals surface area (Å²) in [7, 11) is -2.87. The zero-order chi connectivity index (χ0) is 21.2. The molecule has 1 N–H and O–H groups in total. The molecular weight excluding hydrogens is 399 g/mol. The molecule has 3 rings (SSSR count). The second-order valence-electron chi connectivity index (χ2n) is 6.15. The summed E-state index contributed by atoms with van der Waals surface area (Å²) in [6.45, 7) is -0.106. The minimum atomic E-state index is -4.20. The molecule has 0 saturated heterocycles. The SMILES string of the molecule is CN(Cc1cc(-c2cccnc2F)n(S(=O)(=O)c2cccc(C#N)c2)c1)C(=O)O. The van der Waals surface area contributed by atoms with Crippen LogP contribution < -0.4 is 0 Å². The topological polar surface area (TPSA) is 116 Å². The first-order valence-corrected chi connectivity index (χ1v) is 9.70. The third kappa shape index (κ3) is 3.95. The summed E-state index contributed by atoms with van der Waals surface area (Å²) in [5.74, 6) is -0.869. The lowest BCUT2D eigenvalue weighted by Crippen LogP contribution is -2.23. The Morgan fingerprint density at radius 3 is 2.72 bits per heavy atom. The lowest BCUT2D eigenvalue weighted by atomic mass is 10.2. The predicted octanol–water partition coefficient (Wildman–Crippen LogP) is 2.91. The van der Waals surface area contributed by atoms with Gasteiger partial charge in [0.05, 0.1) is 34.3 Å². The molecule has 0 aliphatic rings. The van der Waals surface area contributed by atoms with Crippen LogP contribution >= 0.6 is 0 Å². The predicted molar refractivity (Wildman–Crippen MR) is 101 cm³/mol. The van der Waals surface area contributed by atoms with Crippen molar-refractivity contribution in [2.45, 2.75) is 11.4 Å². The van der Waals surface area contributed by atoms with Gasteiger partial charge >= 0.3 is 6.09 Å². The van der Waals surface area contributed by atoms with E-state index in [-0.39, 0.29) is 28.3 Å². The average molecular weight is 414 g/mol. The van der Waals surface area contributed by atoms with E-state index < -0.39 is 22.1 Å². The van der Waals surface area contributed by atoms with Gasteiger partial charge in [0, 0.05) is 19.4 Å². The van der Waals surface area contributed by atoms with Gasteiger partial charge in [0.1, 0.15) is 0 Å². The van der Waals surface area contributed by atoms with Crippen LogP contribution in [0, 0.1) is 17.3 Å². The van der Waals surface area contributed by atoms with E-state index in [9.17, 15) is 17.6 Å². The van der Waals surface area contributed by atoms with Crippen LogP contribution in [0.1, 0.15) is 11.1 Å². The zero-order valence-corrected chi connectivity index (χ0v) is 16.0. The van der Waals surface area contributed by atoms with Gasteiger partial charge in [-0.05, 0) is 42.0 Å². The summed E-state index contributed by atoms with van der Waals surface area (Å²) in [5, 5.41) is 18.1. The third-order valence-corrected chi connectivity index (χ3v) is 5.81. The fourth-order valence-corrected chi connectivity index (χ4v) is 4.17. The smallest absolute Gasteiger partial charge is 0.407 e. The highest BCUT2D eigenvalue weighted by Crippen LogP contribution is 2.29. The first kappa shape index (κ1) is 20.0. The lowest BCUT2D eigenvalue weighted by Gasteiger charge is -2.11. The summed E-state index contributed by atoms with van der Waals surface area (Å²) in [4.78, 5) is 15.5. The van der Waals surface area contributed by atoms with Gasteiger partial charge in [-0.15, -0.1) is 0 Å². The number of carboxylic acid groups (broad SMARTS) is 1. The maximum Gasteiger partial charge on any atom is 0.407 e. The number of hydrogen-bond donors (Lipinski definition) is 1. The third-order valence-electron chi connectivity index (χ3n) is 4.14. The molecule has 3 aromatic rings. The van der Waals surface area contributed by atoms with Crippen LogP contribution in [0.4, 0.5) is 9.18 Å². The molecule has 2 aromatic heterocycles. The lowest BCUT2D eigenvalue weighted by molar-refractivity contribution is 0.154. The van der Waals surface area contributed by atoms with Crippen LogP contribution in [0.15, 0.2) is 59.8 Å². The number of halogens is 1. The van der Waals surface area contributed by atoms with Crippen LogP contribution in [0.3, 0.4) is 0 Å². The fourth-order valence-electron chi connectivity index (χ4n) is 2.74. The van der Waals surface area contributed by atoms with Crippen molar-refractivity contribution in [3.8, 4) is 17.3 Å². The van der Waals surface area contributed by atoms with Crippen LogP contribution in [0.25, 0.3) is 11.3 Å². The van der Waals surface area contributed by atoms with Crippen molar-refractivity contribution in [1.29, 1.82) is 5.26 Å². The molecule has 0 spiro atoms. The van der Waals surface area contributed by atoms with Gasteiger partial charge in [0.25, 0.3) is 10.0 Å². The molecule has 0 bridgehead atoms. The molecule has 0 radical (unpaired) electrons. The second kappa shape index (κ2) is 7.73. The van der Waals surface area contributed by atoms with Crippen molar-refractivity contribution in [2.24, 2.45) is 0 Å². The number of amides is 1. The Morgan fingerprint density at radius 2 is 2.07 bits per heavy atom.